The van der Waals surface area contributed by atoms with E-state index in [1.165, 1.54) is 0 Å². The molecule has 0 aliphatic rings. The summed E-state index contributed by atoms with van der Waals surface area (Å²) in [6.07, 6.45) is 2.53. The fourth-order valence-corrected chi connectivity index (χ4v) is 5.07. The van der Waals surface area contributed by atoms with Crippen molar-refractivity contribution >= 4 is 33.5 Å². The molecule has 14 nitrogen and oxygen atoms in total. The quantitative estimate of drug-likeness (QED) is 0.0500. The molecule has 0 aliphatic carbocycles. The molecule has 0 aliphatic heterocycles. The summed E-state index contributed by atoms with van der Waals surface area (Å²) < 4.78 is 53.0. The van der Waals surface area contributed by atoms with Crippen molar-refractivity contribution in [2.45, 2.75) is 105 Å². The number of ketones is 2. The maximum Gasteiger partial charge on any atom is 1.00 e. The van der Waals surface area contributed by atoms with Crippen LogP contribution in [-0.4, -0.2) is 120 Å². The SMILES string of the molecule is CC(C)[C@H](NC(C)(C)C)C(=O)C[C@@H](CCCCNC(=O)CCOCCOCCOCCOCCC(=O)NCCS(=O)(=O)[O-])C(=O)C(C)(C)C.[Na+]. The van der Waals surface area contributed by atoms with Crippen LogP contribution in [0.5, 0.6) is 0 Å². The first-order valence-electron chi connectivity index (χ1n) is 17.4. The maximum absolute atomic E-state index is 13.3. The number of hydrogen-bond donors (Lipinski definition) is 3. The first-order valence-corrected chi connectivity index (χ1v) is 18.9. The van der Waals surface area contributed by atoms with Crippen LogP contribution in [0, 0.1) is 17.3 Å². The van der Waals surface area contributed by atoms with Gasteiger partial charge in [-0.15, -0.1) is 0 Å². The average molecular weight is 746 g/mol. The fraction of sp³-hybridized carbons (Fsp3) is 0.882. The Kier molecular flexibility index (Phi) is 28.2. The van der Waals surface area contributed by atoms with E-state index in [4.69, 9.17) is 18.9 Å². The molecule has 0 aromatic heterocycles. The van der Waals surface area contributed by atoms with Gasteiger partial charge in [-0.2, -0.15) is 0 Å². The fourth-order valence-electron chi connectivity index (χ4n) is 4.72. The minimum absolute atomic E-state index is 0. The van der Waals surface area contributed by atoms with Gasteiger partial charge in [-0.05, 0) is 39.5 Å². The first-order chi connectivity index (χ1) is 22.7. The van der Waals surface area contributed by atoms with Gasteiger partial charge in [0.2, 0.25) is 11.8 Å². The van der Waals surface area contributed by atoms with Crippen molar-refractivity contribution in [1.29, 1.82) is 0 Å². The van der Waals surface area contributed by atoms with E-state index in [2.05, 4.69) is 16.0 Å². The van der Waals surface area contributed by atoms with Crippen LogP contribution in [0.4, 0.5) is 0 Å². The van der Waals surface area contributed by atoms with E-state index in [1.54, 1.807) is 0 Å². The third-order valence-electron chi connectivity index (χ3n) is 7.20. The molecule has 2 amide bonds. The third kappa shape index (κ3) is 29.6. The second-order valence-electron chi connectivity index (χ2n) is 14.5. The van der Waals surface area contributed by atoms with Crippen LogP contribution < -0.4 is 45.5 Å². The van der Waals surface area contributed by atoms with Crippen molar-refractivity contribution < 1.29 is 80.7 Å². The van der Waals surface area contributed by atoms with Gasteiger partial charge in [0.05, 0.1) is 74.8 Å². The number of Topliss-reactive ketones (excluding diaryl/α,β-unsaturated/α-hetero) is 2. The molecule has 0 spiro atoms. The Morgan fingerprint density at radius 3 is 1.54 bits per heavy atom. The summed E-state index contributed by atoms with van der Waals surface area (Å²) in [4.78, 5) is 50.1. The Labute approximate surface area is 323 Å². The van der Waals surface area contributed by atoms with Gasteiger partial charge in [-0.3, -0.25) is 19.2 Å². The zero-order valence-corrected chi connectivity index (χ0v) is 35.0. The van der Waals surface area contributed by atoms with E-state index >= 15 is 0 Å². The van der Waals surface area contributed by atoms with Crippen LogP contribution >= 0.6 is 0 Å². The molecule has 0 unspecified atom stereocenters. The van der Waals surface area contributed by atoms with Gasteiger partial charge >= 0.3 is 29.6 Å². The molecule has 0 saturated heterocycles. The molecule has 0 bridgehead atoms. The summed E-state index contributed by atoms with van der Waals surface area (Å²) in [5.74, 6) is -1.24. The maximum atomic E-state index is 13.3. The predicted octanol–water partition coefficient (Wildman–Crippen LogP) is -0.612. The number of rotatable bonds is 29. The zero-order chi connectivity index (χ0) is 37.5. The summed E-state index contributed by atoms with van der Waals surface area (Å²) >= 11 is 0. The Morgan fingerprint density at radius 1 is 0.700 bits per heavy atom. The standard InChI is InChI=1S/C34H65N3O11S.Na/c1-26(2)31(37-34(6,7)8)28(38)25-27(32(41)33(3,4)5)11-9-10-14-35-29(39)12-16-45-18-20-47-22-23-48-21-19-46-17-13-30(40)36-15-24-49(42,43)44;/h26-27,31,37H,9-25H2,1-8H3,(H,35,39)(H,36,40)(H,42,43,44);/q;+1/p-1/t27-,31+;/m1./s1. The first kappa shape index (κ1) is 51.1. The smallest absolute Gasteiger partial charge is 0.748 e. The molecule has 3 N–H and O–H groups in total. The number of nitrogens with one attached hydrogen (secondary N) is 3. The Bertz CT molecular complexity index is 1080. The van der Waals surface area contributed by atoms with E-state index in [1.807, 2.05) is 55.4 Å². The summed E-state index contributed by atoms with van der Waals surface area (Å²) in [5.41, 5.74) is -0.755. The largest absolute Gasteiger partial charge is 1.00 e. The van der Waals surface area contributed by atoms with Gasteiger partial charge in [0, 0.05) is 49.2 Å². The summed E-state index contributed by atoms with van der Waals surface area (Å²) in [6.45, 7) is 18.5. The topological polar surface area (TPSA) is 198 Å². The molecule has 50 heavy (non-hydrogen) atoms. The molecule has 288 valence electrons. The number of carbonyl (C=O) groups excluding carboxylic acids is 4. The average Bonchev–Trinajstić information content (AvgIpc) is 2.97. The normalized spacial score (nSPS) is 13.4. The second-order valence-corrected chi connectivity index (χ2v) is 16.0. The van der Waals surface area contributed by atoms with Crippen LogP contribution in [0.1, 0.15) is 93.9 Å². The van der Waals surface area contributed by atoms with Gasteiger partial charge in [-0.1, -0.05) is 41.0 Å². The van der Waals surface area contributed by atoms with E-state index < -0.39 is 27.2 Å². The van der Waals surface area contributed by atoms with Crippen molar-refractivity contribution in [3.8, 4) is 0 Å². The number of ether oxygens (including phenoxy) is 4. The van der Waals surface area contributed by atoms with E-state index in [0.29, 0.717) is 52.4 Å². The summed E-state index contributed by atoms with van der Waals surface area (Å²) in [6, 6.07) is -0.313. The van der Waals surface area contributed by atoms with Crippen LogP contribution in [0.25, 0.3) is 0 Å². The van der Waals surface area contributed by atoms with E-state index in [9.17, 15) is 32.1 Å². The van der Waals surface area contributed by atoms with Crippen LogP contribution in [-0.2, 0) is 48.2 Å². The number of carbonyl (C=O) groups is 4. The monoisotopic (exact) mass is 745 g/mol. The molecule has 0 aromatic carbocycles. The Morgan fingerprint density at radius 2 is 1.14 bits per heavy atom. The van der Waals surface area contributed by atoms with Crippen LogP contribution in [0.3, 0.4) is 0 Å². The molecule has 0 aromatic rings. The van der Waals surface area contributed by atoms with Gasteiger partial charge in [-0.25, -0.2) is 8.42 Å². The molecular formula is C34H64N3NaO11S. The van der Waals surface area contributed by atoms with Crippen molar-refractivity contribution in [2.24, 2.45) is 17.3 Å². The minimum atomic E-state index is -4.35. The van der Waals surface area contributed by atoms with Gasteiger partial charge < -0.3 is 39.5 Å². The molecule has 0 radical (unpaired) electrons. The molecular weight excluding hydrogens is 681 g/mol. The van der Waals surface area contributed by atoms with Gasteiger partial charge in [0.1, 0.15) is 5.78 Å². The van der Waals surface area contributed by atoms with Crippen molar-refractivity contribution in [3.05, 3.63) is 0 Å². The second kappa shape index (κ2) is 27.6. The van der Waals surface area contributed by atoms with Crippen LogP contribution in [0.2, 0.25) is 0 Å². The molecule has 0 saturated carbocycles. The minimum Gasteiger partial charge on any atom is -0.748 e. The van der Waals surface area contributed by atoms with Crippen molar-refractivity contribution in [3.63, 3.8) is 0 Å². The van der Waals surface area contributed by atoms with Crippen LogP contribution in [0.15, 0.2) is 0 Å². The number of amides is 2. The Balaban J connectivity index is 0. The third-order valence-corrected chi connectivity index (χ3v) is 7.90. The molecule has 2 atom stereocenters. The van der Waals surface area contributed by atoms with Crippen molar-refractivity contribution in [2.75, 3.05) is 71.7 Å². The molecule has 0 rings (SSSR count). The zero-order valence-electron chi connectivity index (χ0n) is 32.2. The van der Waals surface area contributed by atoms with E-state index in [0.717, 1.165) is 6.42 Å². The summed E-state index contributed by atoms with van der Waals surface area (Å²) in [7, 11) is -4.35. The molecule has 16 heteroatoms. The Hall–Kier alpha value is -1.01. The molecule has 0 heterocycles. The van der Waals surface area contributed by atoms with Crippen molar-refractivity contribution in [1.82, 2.24) is 16.0 Å². The predicted molar refractivity (Wildman–Crippen MR) is 186 cm³/mol. The number of unbranched alkanes of at least 4 members (excludes halogenated alkanes) is 1. The van der Waals surface area contributed by atoms with Gasteiger partial charge in [0.15, 0.2) is 5.78 Å². The summed E-state index contributed by atoms with van der Waals surface area (Å²) in [5, 5.41) is 8.64. The number of hydrogen-bond acceptors (Lipinski definition) is 12. The van der Waals surface area contributed by atoms with E-state index in [-0.39, 0.29) is 116 Å². The van der Waals surface area contributed by atoms with Gasteiger partial charge in [0.25, 0.3) is 0 Å². The molecule has 0 fully saturated rings.